The molecule has 2 rings (SSSR count). The summed E-state index contributed by atoms with van der Waals surface area (Å²) >= 11 is 0. The van der Waals surface area contributed by atoms with Gasteiger partial charge >= 0.3 is 0 Å². The van der Waals surface area contributed by atoms with Crippen LogP contribution in [-0.4, -0.2) is 19.2 Å². The minimum atomic E-state index is 0.624. The Labute approximate surface area is 74.0 Å². The highest BCUT2D eigenvalue weighted by Crippen LogP contribution is 2.21. The first kappa shape index (κ1) is 8.11. The van der Waals surface area contributed by atoms with Gasteiger partial charge in [-0.2, -0.15) is 0 Å². The van der Waals surface area contributed by atoms with Crippen LogP contribution in [0.3, 0.4) is 0 Å². The SMILES string of the molecule is C1=C(C2CCCCN2)CCCO1. The molecule has 1 fully saturated rings. The lowest BCUT2D eigenvalue weighted by Gasteiger charge is -2.27. The zero-order valence-electron chi connectivity index (χ0n) is 7.51. The molecule has 1 saturated heterocycles. The lowest BCUT2D eigenvalue weighted by Crippen LogP contribution is -2.36. The van der Waals surface area contributed by atoms with Crippen LogP contribution in [-0.2, 0) is 4.74 Å². The largest absolute Gasteiger partial charge is 0.501 e. The van der Waals surface area contributed by atoms with Crippen LogP contribution in [0.2, 0.25) is 0 Å². The predicted octanol–water partition coefficient (Wildman–Crippen LogP) is 1.82. The van der Waals surface area contributed by atoms with Gasteiger partial charge in [0.05, 0.1) is 12.9 Å². The van der Waals surface area contributed by atoms with Crippen molar-refractivity contribution in [1.82, 2.24) is 5.32 Å². The average molecular weight is 167 g/mol. The van der Waals surface area contributed by atoms with Gasteiger partial charge < -0.3 is 10.1 Å². The van der Waals surface area contributed by atoms with Gasteiger partial charge in [0, 0.05) is 6.04 Å². The standard InChI is InChI=1S/C10H17NO/c1-2-6-11-10(5-1)9-4-3-7-12-8-9/h8,10-11H,1-7H2. The van der Waals surface area contributed by atoms with E-state index >= 15 is 0 Å². The van der Waals surface area contributed by atoms with E-state index in [1.54, 1.807) is 0 Å². The third-order valence-corrected chi connectivity index (χ3v) is 2.72. The van der Waals surface area contributed by atoms with Crippen LogP contribution in [0.5, 0.6) is 0 Å². The molecule has 2 nitrogen and oxygen atoms in total. The molecule has 1 N–H and O–H groups in total. The highest BCUT2D eigenvalue weighted by Gasteiger charge is 2.18. The Morgan fingerprint density at radius 3 is 3.00 bits per heavy atom. The number of rotatable bonds is 1. The van der Waals surface area contributed by atoms with Crippen LogP contribution >= 0.6 is 0 Å². The number of hydrogen-bond acceptors (Lipinski definition) is 2. The number of ether oxygens (including phenoxy) is 1. The lowest BCUT2D eigenvalue weighted by molar-refractivity contribution is 0.217. The van der Waals surface area contributed by atoms with Crippen LogP contribution in [0.15, 0.2) is 11.8 Å². The van der Waals surface area contributed by atoms with Crippen LogP contribution in [0.25, 0.3) is 0 Å². The molecule has 2 heteroatoms. The second kappa shape index (κ2) is 3.94. The summed E-state index contributed by atoms with van der Waals surface area (Å²) in [4.78, 5) is 0. The van der Waals surface area contributed by atoms with Gasteiger partial charge in [0.2, 0.25) is 0 Å². The summed E-state index contributed by atoms with van der Waals surface area (Å²) in [7, 11) is 0. The summed E-state index contributed by atoms with van der Waals surface area (Å²) in [5.41, 5.74) is 1.49. The third-order valence-electron chi connectivity index (χ3n) is 2.72. The van der Waals surface area contributed by atoms with E-state index in [-0.39, 0.29) is 0 Å². The van der Waals surface area contributed by atoms with Gasteiger partial charge in [0.15, 0.2) is 0 Å². The maximum atomic E-state index is 5.33. The fraction of sp³-hybridized carbons (Fsp3) is 0.800. The molecule has 12 heavy (non-hydrogen) atoms. The van der Waals surface area contributed by atoms with Crippen molar-refractivity contribution in [2.24, 2.45) is 0 Å². The normalized spacial score (nSPS) is 30.7. The summed E-state index contributed by atoms with van der Waals surface area (Å²) in [6.07, 6.45) is 8.42. The molecule has 0 aromatic heterocycles. The van der Waals surface area contributed by atoms with E-state index in [1.807, 2.05) is 6.26 Å². The maximum Gasteiger partial charge on any atom is 0.0876 e. The first-order valence-corrected chi connectivity index (χ1v) is 5.01. The lowest BCUT2D eigenvalue weighted by atomic mass is 9.94. The number of nitrogens with one attached hydrogen (secondary N) is 1. The maximum absolute atomic E-state index is 5.33. The van der Waals surface area contributed by atoms with Crippen molar-refractivity contribution in [3.63, 3.8) is 0 Å². The molecule has 2 aliphatic rings. The van der Waals surface area contributed by atoms with Crippen molar-refractivity contribution < 1.29 is 4.74 Å². The Morgan fingerprint density at radius 2 is 2.33 bits per heavy atom. The van der Waals surface area contributed by atoms with Crippen LogP contribution in [0.4, 0.5) is 0 Å². The molecule has 0 saturated carbocycles. The van der Waals surface area contributed by atoms with Crippen LogP contribution in [0.1, 0.15) is 32.1 Å². The molecular weight excluding hydrogens is 150 g/mol. The van der Waals surface area contributed by atoms with Gasteiger partial charge in [-0.3, -0.25) is 0 Å². The van der Waals surface area contributed by atoms with E-state index < -0.39 is 0 Å². The molecule has 2 aliphatic heterocycles. The summed E-state index contributed by atoms with van der Waals surface area (Å²) in [5, 5.41) is 3.54. The quantitative estimate of drug-likeness (QED) is 0.643. The minimum absolute atomic E-state index is 0.624. The topological polar surface area (TPSA) is 21.3 Å². The second-order valence-electron chi connectivity index (χ2n) is 3.67. The molecular formula is C10H17NO. The van der Waals surface area contributed by atoms with Crippen molar-refractivity contribution in [3.05, 3.63) is 11.8 Å². The van der Waals surface area contributed by atoms with E-state index in [9.17, 15) is 0 Å². The van der Waals surface area contributed by atoms with Crippen molar-refractivity contribution in [1.29, 1.82) is 0 Å². The molecule has 0 aliphatic carbocycles. The predicted molar refractivity (Wildman–Crippen MR) is 48.9 cm³/mol. The van der Waals surface area contributed by atoms with Crippen molar-refractivity contribution >= 4 is 0 Å². The first-order valence-electron chi connectivity index (χ1n) is 5.01. The monoisotopic (exact) mass is 167 g/mol. The van der Waals surface area contributed by atoms with Gasteiger partial charge in [-0.15, -0.1) is 0 Å². The Kier molecular flexibility index (Phi) is 2.67. The number of hydrogen-bond donors (Lipinski definition) is 1. The van der Waals surface area contributed by atoms with Gasteiger partial charge in [-0.1, -0.05) is 6.42 Å². The van der Waals surface area contributed by atoms with E-state index in [1.165, 1.54) is 44.2 Å². The van der Waals surface area contributed by atoms with E-state index in [2.05, 4.69) is 5.32 Å². The van der Waals surface area contributed by atoms with Crippen molar-refractivity contribution in [3.8, 4) is 0 Å². The summed E-state index contributed by atoms with van der Waals surface area (Å²) in [6.45, 7) is 2.10. The summed E-state index contributed by atoms with van der Waals surface area (Å²) in [6, 6.07) is 0.624. The van der Waals surface area contributed by atoms with Gasteiger partial charge in [0.25, 0.3) is 0 Å². The summed E-state index contributed by atoms with van der Waals surface area (Å²) < 4.78 is 5.33. The second-order valence-corrected chi connectivity index (χ2v) is 3.67. The van der Waals surface area contributed by atoms with Crippen molar-refractivity contribution in [2.45, 2.75) is 38.1 Å². The molecule has 0 radical (unpaired) electrons. The first-order chi connectivity index (χ1) is 5.97. The van der Waals surface area contributed by atoms with E-state index in [0.29, 0.717) is 6.04 Å². The molecule has 0 spiro atoms. The average Bonchev–Trinajstić information content (AvgIpc) is 2.21. The molecule has 0 aromatic carbocycles. The van der Waals surface area contributed by atoms with Crippen molar-refractivity contribution in [2.75, 3.05) is 13.2 Å². The molecule has 1 atom stereocenters. The zero-order chi connectivity index (χ0) is 8.23. The molecule has 1 unspecified atom stereocenters. The van der Waals surface area contributed by atoms with Gasteiger partial charge in [0.1, 0.15) is 0 Å². The minimum Gasteiger partial charge on any atom is -0.501 e. The van der Waals surface area contributed by atoms with E-state index in [0.717, 1.165) is 6.61 Å². The molecule has 0 aromatic rings. The van der Waals surface area contributed by atoms with Gasteiger partial charge in [-0.25, -0.2) is 0 Å². The molecule has 0 amide bonds. The highest BCUT2D eigenvalue weighted by atomic mass is 16.5. The van der Waals surface area contributed by atoms with Gasteiger partial charge in [-0.05, 0) is 37.8 Å². The van der Waals surface area contributed by atoms with Crippen LogP contribution < -0.4 is 5.32 Å². The Morgan fingerprint density at radius 1 is 1.33 bits per heavy atom. The Hall–Kier alpha value is -0.500. The third kappa shape index (κ3) is 1.81. The highest BCUT2D eigenvalue weighted by molar-refractivity contribution is 5.10. The Bertz CT molecular complexity index is 171. The molecule has 2 heterocycles. The number of piperidine rings is 1. The zero-order valence-corrected chi connectivity index (χ0v) is 7.51. The van der Waals surface area contributed by atoms with E-state index in [4.69, 9.17) is 4.74 Å². The van der Waals surface area contributed by atoms with Crippen LogP contribution in [0, 0.1) is 0 Å². The smallest absolute Gasteiger partial charge is 0.0876 e. The molecule has 0 bridgehead atoms. The summed E-state index contributed by atoms with van der Waals surface area (Å²) in [5.74, 6) is 0. The fourth-order valence-corrected chi connectivity index (χ4v) is 2.01. The molecule has 68 valence electrons. The Balaban J connectivity index is 1.92. The fourth-order valence-electron chi connectivity index (χ4n) is 2.01.